The lowest BCUT2D eigenvalue weighted by atomic mass is 10.4. The number of nitro groups is 1. The Morgan fingerprint density at radius 1 is 1.45 bits per heavy atom. The van der Waals surface area contributed by atoms with Crippen molar-refractivity contribution in [3.63, 3.8) is 0 Å². The Morgan fingerprint density at radius 3 is 2.64 bits per heavy atom. The summed E-state index contributed by atoms with van der Waals surface area (Å²) in [7, 11) is 3.88. The number of ether oxygens (including phenoxy) is 1. The molecule has 0 aromatic carbocycles. The second-order valence-electron chi connectivity index (χ2n) is 4.66. The average Bonchev–Trinajstić information content (AvgIpc) is 2.90. The molecule has 0 radical (unpaired) electrons. The molecule has 0 aliphatic rings. The fourth-order valence-corrected chi connectivity index (χ4v) is 2.29. The molecular weight excluding hydrogens is 332 g/mol. The zero-order valence-corrected chi connectivity index (χ0v) is 14.5. The molecule has 22 heavy (non-hydrogen) atoms. The predicted octanol–water partition coefficient (Wildman–Crippen LogP) is 2.78. The third-order valence-corrected chi connectivity index (χ3v) is 3.50. The van der Waals surface area contributed by atoms with Crippen LogP contribution in [0.4, 0.5) is 14.9 Å². The van der Waals surface area contributed by atoms with Crippen LogP contribution in [0.2, 0.25) is 0 Å². The summed E-state index contributed by atoms with van der Waals surface area (Å²) in [6.07, 6.45) is 2.09. The fourth-order valence-electron chi connectivity index (χ4n) is 1.54. The van der Waals surface area contributed by atoms with E-state index in [-0.39, 0.29) is 17.4 Å². The predicted molar refractivity (Wildman–Crippen MR) is 88.2 cm³/mol. The van der Waals surface area contributed by atoms with Crippen molar-refractivity contribution in [3.8, 4) is 0 Å². The Kier molecular flexibility index (Phi) is 9.63. The monoisotopic (exact) mass is 352 g/mol. The maximum atomic E-state index is 12.0. The highest BCUT2D eigenvalue weighted by atomic mass is 35.5. The molecule has 1 aromatic rings. The van der Waals surface area contributed by atoms with E-state index in [0.717, 1.165) is 36.9 Å². The molecule has 1 rings (SSSR count). The van der Waals surface area contributed by atoms with Gasteiger partial charge in [-0.1, -0.05) is 6.92 Å². The SMILES string of the molecule is CCCOC(=O)N(CCCN(C)C)c1ncc([N+](=O)[O-])s1.Cl. The van der Waals surface area contributed by atoms with Crippen molar-refractivity contribution in [2.75, 3.05) is 38.7 Å². The van der Waals surface area contributed by atoms with Gasteiger partial charge in [-0.25, -0.2) is 9.78 Å². The molecule has 0 fully saturated rings. The van der Waals surface area contributed by atoms with Crippen molar-refractivity contribution in [1.82, 2.24) is 9.88 Å². The van der Waals surface area contributed by atoms with Crippen LogP contribution in [0.3, 0.4) is 0 Å². The van der Waals surface area contributed by atoms with Gasteiger partial charge in [-0.15, -0.1) is 12.4 Å². The number of hydrogen-bond donors (Lipinski definition) is 0. The van der Waals surface area contributed by atoms with Crippen LogP contribution in [0.15, 0.2) is 6.20 Å². The Balaban J connectivity index is 0.00000441. The zero-order chi connectivity index (χ0) is 15.8. The Bertz CT molecular complexity index is 483. The lowest BCUT2D eigenvalue weighted by molar-refractivity contribution is -0.380. The van der Waals surface area contributed by atoms with E-state index in [0.29, 0.717) is 18.3 Å². The second-order valence-corrected chi connectivity index (χ2v) is 5.65. The largest absolute Gasteiger partial charge is 0.449 e. The topological polar surface area (TPSA) is 88.8 Å². The van der Waals surface area contributed by atoms with Crippen LogP contribution >= 0.6 is 23.7 Å². The first-order valence-corrected chi connectivity index (χ1v) is 7.46. The molecule has 0 N–H and O–H groups in total. The normalized spacial score (nSPS) is 10.2. The number of carbonyl (C=O) groups excluding carboxylic acids is 1. The van der Waals surface area contributed by atoms with Gasteiger partial charge in [0.05, 0.1) is 11.5 Å². The summed E-state index contributed by atoms with van der Waals surface area (Å²) in [5.41, 5.74) is 0. The molecule has 0 saturated heterocycles. The van der Waals surface area contributed by atoms with E-state index in [1.54, 1.807) is 0 Å². The molecule has 0 aliphatic carbocycles. The minimum Gasteiger partial charge on any atom is -0.449 e. The summed E-state index contributed by atoms with van der Waals surface area (Å²) in [6, 6.07) is 0. The van der Waals surface area contributed by atoms with E-state index in [9.17, 15) is 14.9 Å². The van der Waals surface area contributed by atoms with Crippen molar-refractivity contribution in [3.05, 3.63) is 16.3 Å². The molecule has 1 heterocycles. The quantitative estimate of drug-likeness (QED) is 0.528. The number of rotatable bonds is 8. The summed E-state index contributed by atoms with van der Waals surface area (Å²) in [4.78, 5) is 29.6. The van der Waals surface area contributed by atoms with Crippen molar-refractivity contribution in [2.24, 2.45) is 0 Å². The van der Waals surface area contributed by atoms with Gasteiger partial charge in [-0.2, -0.15) is 0 Å². The van der Waals surface area contributed by atoms with E-state index in [1.165, 1.54) is 4.90 Å². The van der Waals surface area contributed by atoms with Crippen LogP contribution in [0.1, 0.15) is 19.8 Å². The fraction of sp³-hybridized carbons (Fsp3) is 0.667. The van der Waals surface area contributed by atoms with Crippen LogP contribution in [0, 0.1) is 10.1 Å². The maximum Gasteiger partial charge on any atom is 0.416 e. The Morgan fingerprint density at radius 2 is 2.14 bits per heavy atom. The summed E-state index contributed by atoms with van der Waals surface area (Å²) >= 11 is 0.871. The minimum atomic E-state index is -0.517. The standard InChI is InChI=1S/C12H20N4O4S.ClH/c1-4-8-20-12(17)15(7-5-6-14(2)3)11-13-9-10(21-11)16(18)19;/h9H,4-8H2,1-3H3;1H. The molecule has 0 aliphatic heterocycles. The number of nitrogens with zero attached hydrogens (tertiary/aromatic N) is 4. The van der Waals surface area contributed by atoms with Crippen LogP contribution in [0.25, 0.3) is 0 Å². The lowest BCUT2D eigenvalue weighted by Crippen LogP contribution is -2.34. The third kappa shape index (κ3) is 6.54. The number of hydrogen-bond acceptors (Lipinski definition) is 7. The van der Waals surface area contributed by atoms with Crippen molar-refractivity contribution in [1.29, 1.82) is 0 Å². The van der Waals surface area contributed by atoms with Gasteiger partial charge in [-0.05, 0) is 44.8 Å². The van der Waals surface area contributed by atoms with Gasteiger partial charge in [0.2, 0.25) is 5.13 Å². The number of halogens is 1. The highest BCUT2D eigenvalue weighted by molar-refractivity contribution is 7.18. The van der Waals surface area contributed by atoms with Crippen LogP contribution in [-0.4, -0.2) is 54.7 Å². The second kappa shape index (κ2) is 10.3. The van der Waals surface area contributed by atoms with Crippen LogP contribution in [0.5, 0.6) is 0 Å². The number of thiazole rings is 1. The molecule has 10 heteroatoms. The molecule has 126 valence electrons. The minimum absolute atomic E-state index is 0. The molecule has 1 aromatic heterocycles. The van der Waals surface area contributed by atoms with Crippen LogP contribution < -0.4 is 4.90 Å². The maximum absolute atomic E-state index is 12.0. The van der Waals surface area contributed by atoms with E-state index < -0.39 is 11.0 Å². The van der Waals surface area contributed by atoms with E-state index in [1.807, 2.05) is 25.9 Å². The van der Waals surface area contributed by atoms with Gasteiger partial charge in [0.1, 0.15) is 6.20 Å². The highest BCUT2D eigenvalue weighted by Gasteiger charge is 2.23. The summed E-state index contributed by atoms with van der Waals surface area (Å²) in [5, 5.41) is 10.9. The molecule has 0 atom stereocenters. The molecule has 0 unspecified atom stereocenters. The average molecular weight is 353 g/mol. The number of aromatic nitrogens is 1. The van der Waals surface area contributed by atoms with Crippen LogP contribution in [-0.2, 0) is 4.74 Å². The Labute approximate surface area is 139 Å². The summed E-state index contributed by atoms with van der Waals surface area (Å²) < 4.78 is 5.11. The van der Waals surface area contributed by atoms with Gasteiger partial charge in [-0.3, -0.25) is 15.0 Å². The lowest BCUT2D eigenvalue weighted by Gasteiger charge is -2.20. The van der Waals surface area contributed by atoms with E-state index in [2.05, 4.69) is 4.98 Å². The molecule has 1 amide bonds. The van der Waals surface area contributed by atoms with Gasteiger partial charge in [0.25, 0.3) is 0 Å². The molecule has 8 nitrogen and oxygen atoms in total. The third-order valence-electron chi connectivity index (χ3n) is 2.53. The Hall–Kier alpha value is -1.45. The number of anilines is 1. The van der Waals surface area contributed by atoms with Gasteiger partial charge in [0.15, 0.2) is 0 Å². The summed E-state index contributed by atoms with van der Waals surface area (Å²) in [5.74, 6) is 0. The van der Waals surface area contributed by atoms with Gasteiger partial charge < -0.3 is 9.64 Å². The first kappa shape index (κ1) is 20.6. The van der Waals surface area contributed by atoms with Crippen molar-refractivity contribution in [2.45, 2.75) is 19.8 Å². The number of amides is 1. The first-order valence-electron chi connectivity index (χ1n) is 6.65. The first-order chi connectivity index (χ1) is 9.95. The highest BCUT2D eigenvalue weighted by Crippen LogP contribution is 2.28. The van der Waals surface area contributed by atoms with Gasteiger partial charge in [0, 0.05) is 6.54 Å². The van der Waals surface area contributed by atoms with E-state index in [4.69, 9.17) is 4.74 Å². The zero-order valence-electron chi connectivity index (χ0n) is 12.9. The van der Waals surface area contributed by atoms with E-state index >= 15 is 0 Å². The van der Waals surface area contributed by atoms with Crippen molar-refractivity contribution >= 4 is 40.0 Å². The van der Waals surface area contributed by atoms with Gasteiger partial charge >= 0.3 is 11.1 Å². The smallest absolute Gasteiger partial charge is 0.416 e. The summed E-state index contributed by atoms with van der Waals surface area (Å²) in [6.45, 7) is 3.42. The molecule has 0 bridgehead atoms. The van der Waals surface area contributed by atoms with Crippen molar-refractivity contribution < 1.29 is 14.5 Å². The molecule has 0 spiro atoms. The number of carbonyl (C=O) groups is 1. The molecule has 0 saturated carbocycles. The molecular formula is C12H21ClN4O4S.